The standard InChI is InChI=1S/C16H24ClN3O3/c17-12-6-5-7-13(10-12)20-15(21)11-14(16(22)23)19-9-4-2-1-3-8-18/h5-7,10,14,19H,1-4,8-9,11,18H2,(H,20,21)(H,22,23)/t14-/m1/s1. The summed E-state index contributed by atoms with van der Waals surface area (Å²) in [5, 5.41) is 15.3. The first-order valence-electron chi connectivity index (χ1n) is 7.74. The second-order valence-electron chi connectivity index (χ2n) is 5.31. The lowest BCUT2D eigenvalue weighted by Gasteiger charge is -2.14. The number of carbonyl (C=O) groups is 2. The smallest absolute Gasteiger partial charge is 0.321 e. The van der Waals surface area contributed by atoms with E-state index in [4.69, 9.17) is 17.3 Å². The lowest BCUT2D eigenvalue weighted by molar-refractivity contribution is -0.141. The number of carboxylic acids is 1. The van der Waals surface area contributed by atoms with E-state index in [0.29, 0.717) is 23.8 Å². The van der Waals surface area contributed by atoms with E-state index in [2.05, 4.69) is 10.6 Å². The van der Waals surface area contributed by atoms with Gasteiger partial charge in [-0.1, -0.05) is 30.5 Å². The van der Waals surface area contributed by atoms with Gasteiger partial charge in [-0.3, -0.25) is 9.59 Å². The van der Waals surface area contributed by atoms with Crippen LogP contribution in [0, 0.1) is 0 Å². The third-order valence-corrected chi connectivity index (χ3v) is 3.55. The summed E-state index contributed by atoms with van der Waals surface area (Å²) in [6.07, 6.45) is 3.73. The highest BCUT2D eigenvalue weighted by atomic mass is 35.5. The second kappa shape index (κ2) is 11.0. The molecule has 6 nitrogen and oxygen atoms in total. The molecule has 1 amide bonds. The zero-order valence-electron chi connectivity index (χ0n) is 13.1. The number of unbranched alkanes of at least 4 members (excludes halogenated alkanes) is 3. The summed E-state index contributed by atoms with van der Waals surface area (Å²) in [4.78, 5) is 23.2. The molecule has 0 unspecified atom stereocenters. The fourth-order valence-electron chi connectivity index (χ4n) is 2.11. The van der Waals surface area contributed by atoms with Crippen molar-refractivity contribution in [3.63, 3.8) is 0 Å². The summed E-state index contributed by atoms with van der Waals surface area (Å²) < 4.78 is 0. The third kappa shape index (κ3) is 8.54. The number of halogens is 1. The zero-order chi connectivity index (χ0) is 17.1. The van der Waals surface area contributed by atoms with Crippen molar-refractivity contribution in [2.45, 2.75) is 38.1 Å². The van der Waals surface area contributed by atoms with Crippen LogP contribution in [0.2, 0.25) is 5.02 Å². The molecule has 5 N–H and O–H groups in total. The van der Waals surface area contributed by atoms with E-state index in [1.54, 1.807) is 24.3 Å². The first-order valence-corrected chi connectivity index (χ1v) is 8.12. The summed E-state index contributed by atoms with van der Waals surface area (Å²) in [5.41, 5.74) is 5.96. The number of carboxylic acid groups (broad SMARTS) is 1. The van der Waals surface area contributed by atoms with E-state index in [9.17, 15) is 14.7 Å². The van der Waals surface area contributed by atoms with Crippen LogP contribution in [0.5, 0.6) is 0 Å². The average molecular weight is 342 g/mol. The Balaban J connectivity index is 2.36. The molecule has 0 heterocycles. The highest BCUT2D eigenvalue weighted by Crippen LogP contribution is 2.15. The quantitative estimate of drug-likeness (QED) is 0.462. The number of aliphatic carboxylic acids is 1. The monoisotopic (exact) mass is 341 g/mol. The Morgan fingerprint density at radius 3 is 2.61 bits per heavy atom. The van der Waals surface area contributed by atoms with Crippen molar-refractivity contribution in [2.75, 3.05) is 18.4 Å². The summed E-state index contributed by atoms with van der Waals surface area (Å²) in [6.45, 7) is 1.24. The SMILES string of the molecule is NCCCCCCN[C@H](CC(=O)Nc1cccc(Cl)c1)C(=O)O. The van der Waals surface area contributed by atoms with Crippen LogP contribution in [0.25, 0.3) is 0 Å². The fraction of sp³-hybridized carbons (Fsp3) is 0.500. The molecule has 1 aromatic rings. The molecule has 1 rings (SSSR count). The first kappa shape index (κ1) is 19.4. The lowest BCUT2D eigenvalue weighted by atomic mass is 10.1. The Hall–Kier alpha value is -1.63. The van der Waals surface area contributed by atoms with Gasteiger partial charge in [-0.25, -0.2) is 0 Å². The number of hydrogen-bond acceptors (Lipinski definition) is 4. The molecule has 0 aliphatic heterocycles. The molecule has 0 aromatic heterocycles. The molecule has 0 fully saturated rings. The minimum absolute atomic E-state index is 0.134. The van der Waals surface area contributed by atoms with E-state index < -0.39 is 12.0 Å². The maximum absolute atomic E-state index is 11.9. The molecule has 128 valence electrons. The zero-order valence-corrected chi connectivity index (χ0v) is 13.8. The minimum Gasteiger partial charge on any atom is -0.480 e. The van der Waals surface area contributed by atoms with Gasteiger partial charge in [0.05, 0.1) is 6.42 Å². The number of nitrogens with one attached hydrogen (secondary N) is 2. The molecule has 0 saturated heterocycles. The summed E-state index contributed by atoms with van der Waals surface area (Å²) in [5.74, 6) is -1.40. The highest BCUT2D eigenvalue weighted by molar-refractivity contribution is 6.30. The highest BCUT2D eigenvalue weighted by Gasteiger charge is 2.20. The van der Waals surface area contributed by atoms with E-state index >= 15 is 0 Å². The van der Waals surface area contributed by atoms with Crippen LogP contribution >= 0.6 is 11.6 Å². The van der Waals surface area contributed by atoms with Crippen LogP contribution in [0.4, 0.5) is 5.69 Å². The van der Waals surface area contributed by atoms with Gasteiger partial charge >= 0.3 is 5.97 Å². The van der Waals surface area contributed by atoms with Crippen molar-refractivity contribution >= 4 is 29.2 Å². The average Bonchev–Trinajstić information content (AvgIpc) is 2.49. The number of nitrogens with two attached hydrogens (primary N) is 1. The van der Waals surface area contributed by atoms with Crippen LogP contribution in [0.3, 0.4) is 0 Å². The van der Waals surface area contributed by atoms with Crippen molar-refractivity contribution < 1.29 is 14.7 Å². The maximum Gasteiger partial charge on any atom is 0.321 e. The van der Waals surface area contributed by atoms with Gasteiger partial charge in [0.15, 0.2) is 0 Å². The minimum atomic E-state index is -1.03. The Morgan fingerprint density at radius 2 is 1.96 bits per heavy atom. The molecule has 23 heavy (non-hydrogen) atoms. The van der Waals surface area contributed by atoms with Crippen molar-refractivity contribution in [3.8, 4) is 0 Å². The van der Waals surface area contributed by atoms with Crippen LogP contribution in [-0.2, 0) is 9.59 Å². The van der Waals surface area contributed by atoms with Crippen LogP contribution in [0.1, 0.15) is 32.1 Å². The van der Waals surface area contributed by atoms with E-state index in [0.717, 1.165) is 25.7 Å². The Bertz CT molecular complexity index is 511. The number of benzene rings is 1. The predicted octanol–water partition coefficient (Wildman–Crippen LogP) is 2.23. The first-order chi connectivity index (χ1) is 11.0. The van der Waals surface area contributed by atoms with Gasteiger partial charge < -0.3 is 21.5 Å². The predicted molar refractivity (Wildman–Crippen MR) is 91.6 cm³/mol. The molecule has 0 aliphatic carbocycles. The van der Waals surface area contributed by atoms with Gasteiger partial charge in [-0.15, -0.1) is 0 Å². The lowest BCUT2D eigenvalue weighted by Crippen LogP contribution is -2.40. The molecule has 0 bridgehead atoms. The third-order valence-electron chi connectivity index (χ3n) is 3.32. The number of amides is 1. The Morgan fingerprint density at radius 1 is 1.22 bits per heavy atom. The molecule has 1 atom stereocenters. The van der Waals surface area contributed by atoms with Gasteiger partial charge in [0.1, 0.15) is 6.04 Å². The van der Waals surface area contributed by atoms with Crippen LogP contribution in [-0.4, -0.2) is 36.1 Å². The molecule has 0 aliphatic rings. The fourth-order valence-corrected chi connectivity index (χ4v) is 2.30. The van der Waals surface area contributed by atoms with Gasteiger partial charge in [-0.05, 0) is 44.1 Å². The molecular formula is C16H24ClN3O3. The largest absolute Gasteiger partial charge is 0.480 e. The summed E-state index contributed by atoms with van der Waals surface area (Å²) in [7, 11) is 0. The molecule has 1 aromatic carbocycles. The van der Waals surface area contributed by atoms with Crippen molar-refractivity contribution in [1.82, 2.24) is 5.32 Å². The van der Waals surface area contributed by atoms with Crippen molar-refractivity contribution in [2.24, 2.45) is 5.73 Å². The number of anilines is 1. The Kier molecular flexibility index (Phi) is 9.28. The second-order valence-corrected chi connectivity index (χ2v) is 5.75. The van der Waals surface area contributed by atoms with Crippen LogP contribution in [0.15, 0.2) is 24.3 Å². The van der Waals surface area contributed by atoms with E-state index in [1.807, 2.05) is 0 Å². The van der Waals surface area contributed by atoms with Gasteiger partial charge in [0.2, 0.25) is 5.91 Å². The van der Waals surface area contributed by atoms with Gasteiger partial charge in [0.25, 0.3) is 0 Å². The van der Waals surface area contributed by atoms with Gasteiger partial charge in [-0.2, -0.15) is 0 Å². The van der Waals surface area contributed by atoms with E-state index in [1.165, 1.54) is 0 Å². The van der Waals surface area contributed by atoms with Crippen molar-refractivity contribution in [3.05, 3.63) is 29.3 Å². The van der Waals surface area contributed by atoms with E-state index in [-0.39, 0.29) is 12.3 Å². The molecule has 7 heteroatoms. The number of hydrogen-bond donors (Lipinski definition) is 4. The number of rotatable bonds is 11. The van der Waals surface area contributed by atoms with Crippen LogP contribution < -0.4 is 16.4 Å². The topological polar surface area (TPSA) is 104 Å². The molecule has 0 saturated carbocycles. The normalized spacial score (nSPS) is 11.9. The van der Waals surface area contributed by atoms with Crippen molar-refractivity contribution in [1.29, 1.82) is 0 Å². The maximum atomic E-state index is 11.9. The summed E-state index contributed by atoms with van der Waals surface area (Å²) >= 11 is 5.84. The Labute approximate surface area is 141 Å². The number of carbonyl (C=O) groups excluding carboxylic acids is 1. The molecular weight excluding hydrogens is 318 g/mol. The molecule has 0 spiro atoms. The van der Waals surface area contributed by atoms with Gasteiger partial charge in [0, 0.05) is 10.7 Å². The molecule has 0 radical (unpaired) electrons. The summed E-state index contributed by atoms with van der Waals surface area (Å²) in [6, 6.07) is 5.82.